The quantitative estimate of drug-likeness (QED) is 0.819. The van der Waals surface area contributed by atoms with Crippen LogP contribution in [0, 0.1) is 0 Å². The van der Waals surface area contributed by atoms with Gasteiger partial charge in [-0.25, -0.2) is 4.98 Å². The molecule has 1 aliphatic heterocycles. The normalized spacial score (nSPS) is 17.6. The summed E-state index contributed by atoms with van der Waals surface area (Å²) in [5, 5.41) is 3.77. The van der Waals surface area contributed by atoms with E-state index in [9.17, 15) is 4.79 Å². The third kappa shape index (κ3) is 2.85. The van der Waals surface area contributed by atoms with Crippen molar-refractivity contribution in [2.45, 2.75) is 19.4 Å². The van der Waals surface area contributed by atoms with Gasteiger partial charge in [0.25, 0.3) is 5.91 Å². The van der Waals surface area contributed by atoms with E-state index in [4.69, 9.17) is 11.6 Å². The molecule has 5 heteroatoms. The van der Waals surface area contributed by atoms with Gasteiger partial charge < -0.3 is 10.2 Å². The van der Waals surface area contributed by atoms with E-state index >= 15 is 0 Å². The lowest BCUT2D eigenvalue weighted by atomic mass is 10.2. The topological polar surface area (TPSA) is 45.2 Å². The second kappa shape index (κ2) is 5.74. The Morgan fingerprint density at radius 3 is 3.00 bits per heavy atom. The number of nitrogens with one attached hydrogen (secondary N) is 1. The second-order valence-electron chi connectivity index (χ2n) is 5.18. The van der Waals surface area contributed by atoms with Crippen LogP contribution in [0.15, 0.2) is 42.6 Å². The van der Waals surface area contributed by atoms with Gasteiger partial charge in [-0.2, -0.15) is 0 Å². The fourth-order valence-corrected chi connectivity index (χ4v) is 2.69. The van der Waals surface area contributed by atoms with Crippen molar-refractivity contribution in [1.29, 1.82) is 0 Å². The molecule has 0 fully saturated rings. The number of aromatic nitrogens is 1. The van der Waals surface area contributed by atoms with Crippen LogP contribution in [0.2, 0.25) is 5.15 Å². The Labute approximate surface area is 128 Å². The van der Waals surface area contributed by atoms with Crippen molar-refractivity contribution in [3.8, 4) is 0 Å². The largest absolute Gasteiger partial charge is 0.381 e. The zero-order valence-electron chi connectivity index (χ0n) is 11.7. The van der Waals surface area contributed by atoms with Gasteiger partial charge in [-0.15, -0.1) is 0 Å². The molecule has 21 heavy (non-hydrogen) atoms. The van der Waals surface area contributed by atoms with Crippen LogP contribution < -0.4 is 10.2 Å². The number of carbonyl (C=O) groups is 1. The summed E-state index contributed by atoms with van der Waals surface area (Å²) in [6, 6.07) is 11.5. The molecule has 1 aliphatic rings. The number of hydrogen-bond acceptors (Lipinski definition) is 3. The number of carbonyl (C=O) groups excluding carboxylic acids is 1. The maximum absolute atomic E-state index is 12.8. The van der Waals surface area contributed by atoms with Crippen molar-refractivity contribution in [2.24, 2.45) is 0 Å². The highest BCUT2D eigenvalue weighted by molar-refractivity contribution is 6.29. The Morgan fingerprint density at radius 1 is 1.38 bits per heavy atom. The number of nitrogens with zero attached hydrogens (tertiary/aromatic N) is 2. The van der Waals surface area contributed by atoms with Crippen molar-refractivity contribution in [1.82, 2.24) is 4.98 Å². The minimum absolute atomic E-state index is 0.0531. The molecular weight excluding hydrogens is 286 g/mol. The molecule has 0 radical (unpaired) electrons. The number of benzene rings is 1. The second-order valence-corrected chi connectivity index (χ2v) is 5.56. The molecule has 3 rings (SSSR count). The van der Waals surface area contributed by atoms with E-state index in [0.717, 1.165) is 17.8 Å². The molecule has 1 N–H and O–H groups in total. The highest BCUT2D eigenvalue weighted by atomic mass is 35.5. The van der Waals surface area contributed by atoms with Crippen molar-refractivity contribution in [3.05, 3.63) is 53.3 Å². The molecule has 1 amide bonds. The van der Waals surface area contributed by atoms with E-state index in [1.165, 1.54) is 0 Å². The molecule has 0 saturated carbocycles. The summed E-state index contributed by atoms with van der Waals surface area (Å²) in [6.07, 6.45) is 2.44. The highest BCUT2D eigenvalue weighted by Crippen LogP contribution is 2.31. The summed E-state index contributed by atoms with van der Waals surface area (Å²) in [5.74, 6) is -0.0531. The van der Waals surface area contributed by atoms with Gasteiger partial charge in [0, 0.05) is 24.3 Å². The van der Waals surface area contributed by atoms with Crippen LogP contribution >= 0.6 is 11.6 Å². The summed E-state index contributed by atoms with van der Waals surface area (Å²) in [5.41, 5.74) is 2.44. The molecule has 4 nitrogen and oxygen atoms in total. The average Bonchev–Trinajstić information content (AvgIpc) is 2.65. The molecule has 1 aromatic heterocycles. The lowest BCUT2D eigenvalue weighted by Crippen LogP contribution is -2.32. The van der Waals surface area contributed by atoms with Gasteiger partial charge in [-0.05, 0) is 37.6 Å². The predicted octanol–water partition coefficient (Wildman–Crippen LogP) is 3.59. The van der Waals surface area contributed by atoms with Crippen molar-refractivity contribution < 1.29 is 4.79 Å². The number of fused-ring (bicyclic) bond motifs is 1. The minimum Gasteiger partial charge on any atom is -0.381 e. The van der Waals surface area contributed by atoms with Gasteiger partial charge in [0.2, 0.25) is 0 Å². The monoisotopic (exact) mass is 301 g/mol. The Hall–Kier alpha value is -2.07. The summed E-state index contributed by atoms with van der Waals surface area (Å²) in [7, 11) is 0. The Morgan fingerprint density at radius 2 is 2.19 bits per heavy atom. The van der Waals surface area contributed by atoms with Gasteiger partial charge in [-0.1, -0.05) is 23.7 Å². The van der Waals surface area contributed by atoms with Gasteiger partial charge in [0.15, 0.2) is 0 Å². The first kappa shape index (κ1) is 13.9. The van der Waals surface area contributed by atoms with Crippen LogP contribution in [0.3, 0.4) is 0 Å². The average molecular weight is 302 g/mol. The zero-order valence-corrected chi connectivity index (χ0v) is 12.5. The summed E-state index contributed by atoms with van der Waals surface area (Å²) >= 11 is 5.89. The van der Waals surface area contributed by atoms with Gasteiger partial charge in [-0.3, -0.25) is 4.79 Å². The fraction of sp³-hybridized carbons (Fsp3) is 0.250. The van der Waals surface area contributed by atoms with Crippen LogP contribution in [-0.2, 0) is 0 Å². The fourth-order valence-electron chi connectivity index (χ4n) is 2.51. The number of anilines is 2. The van der Waals surface area contributed by atoms with Gasteiger partial charge >= 0.3 is 0 Å². The maximum Gasteiger partial charge on any atom is 0.258 e. The van der Waals surface area contributed by atoms with Crippen LogP contribution in [0.25, 0.3) is 0 Å². The Bertz CT molecular complexity index is 674. The molecule has 0 spiro atoms. The first-order valence-corrected chi connectivity index (χ1v) is 7.32. The SMILES string of the molecule is CC1CCN(C(=O)c2ccnc(Cl)c2)c2ccccc2N1. The number of rotatable bonds is 1. The number of hydrogen-bond donors (Lipinski definition) is 1. The number of pyridine rings is 1. The Balaban J connectivity index is 2.00. The van der Waals surface area contributed by atoms with Crippen LogP contribution in [0.4, 0.5) is 11.4 Å². The summed E-state index contributed by atoms with van der Waals surface area (Å²) in [6.45, 7) is 2.79. The molecular formula is C16H16ClN3O. The first-order chi connectivity index (χ1) is 10.1. The molecule has 0 aliphatic carbocycles. The van der Waals surface area contributed by atoms with E-state index in [1.54, 1.807) is 23.2 Å². The molecule has 1 atom stereocenters. The lowest BCUT2D eigenvalue weighted by molar-refractivity contribution is 0.0987. The van der Waals surface area contributed by atoms with Crippen LogP contribution in [0.5, 0.6) is 0 Å². The van der Waals surface area contributed by atoms with E-state index in [1.807, 2.05) is 24.3 Å². The van der Waals surface area contributed by atoms with E-state index in [2.05, 4.69) is 17.2 Å². The molecule has 108 valence electrons. The van der Waals surface area contributed by atoms with E-state index in [-0.39, 0.29) is 5.91 Å². The third-order valence-electron chi connectivity index (χ3n) is 3.60. The number of para-hydroxylation sites is 2. The lowest BCUT2D eigenvalue weighted by Gasteiger charge is -2.22. The maximum atomic E-state index is 12.8. The van der Waals surface area contributed by atoms with Crippen molar-refractivity contribution in [2.75, 3.05) is 16.8 Å². The highest BCUT2D eigenvalue weighted by Gasteiger charge is 2.24. The molecule has 2 heterocycles. The van der Waals surface area contributed by atoms with E-state index in [0.29, 0.717) is 23.3 Å². The Kier molecular flexibility index (Phi) is 3.80. The van der Waals surface area contributed by atoms with Gasteiger partial charge in [0.05, 0.1) is 11.4 Å². The third-order valence-corrected chi connectivity index (χ3v) is 3.81. The smallest absolute Gasteiger partial charge is 0.258 e. The molecule has 0 bridgehead atoms. The van der Waals surface area contributed by atoms with Crippen molar-refractivity contribution >= 4 is 28.9 Å². The van der Waals surface area contributed by atoms with Crippen molar-refractivity contribution in [3.63, 3.8) is 0 Å². The molecule has 0 saturated heterocycles. The minimum atomic E-state index is -0.0531. The zero-order chi connectivity index (χ0) is 14.8. The standard InChI is InChI=1S/C16H16ClN3O/c1-11-7-9-20(14-5-3-2-4-13(14)19-11)16(21)12-6-8-18-15(17)10-12/h2-6,8,10-11,19H,7,9H2,1H3. The summed E-state index contributed by atoms with van der Waals surface area (Å²) < 4.78 is 0. The number of amides is 1. The van der Waals surface area contributed by atoms with E-state index < -0.39 is 0 Å². The van der Waals surface area contributed by atoms with Crippen LogP contribution in [-0.4, -0.2) is 23.5 Å². The first-order valence-electron chi connectivity index (χ1n) is 6.94. The molecule has 2 aromatic rings. The molecule has 1 unspecified atom stereocenters. The predicted molar refractivity (Wildman–Crippen MR) is 85.1 cm³/mol. The summed E-state index contributed by atoms with van der Waals surface area (Å²) in [4.78, 5) is 18.5. The van der Waals surface area contributed by atoms with Gasteiger partial charge in [0.1, 0.15) is 5.15 Å². The molecule has 1 aromatic carbocycles. The number of halogens is 1. The van der Waals surface area contributed by atoms with Crippen LogP contribution in [0.1, 0.15) is 23.7 Å².